The molecule has 1 heterocycles. The molecule has 0 radical (unpaired) electrons. The number of nitrogens with one attached hydrogen (secondary N) is 1. The number of anilines is 1. The highest BCUT2D eigenvalue weighted by Crippen LogP contribution is 2.23. The summed E-state index contributed by atoms with van der Waals surface area (Å²) in [6.07, 6.45) is 3.77. The van der Waals surface area contributed by atoms with Crippen molar-refractivity contribution in [2.75, 3.05) is 5.32 Å². The van der Waals surface area contributed by atoms with Gasteiger partial charge in [-0.15, -0.1) is 0 Å². The van der Waals surface area contributed by atoms with E-state index >= 15 is 0 Å². The summed E-state index contributed by atoms with van der Waals surface area (Å²) < 4.78 is 12.1. The second-order valence-electron chi connectivity index (χ2n) is 2.95. The maximum absolute atomic E-state index is 12.1. The molecule has 0 bridgehead atoms. The number of alkyl halides is 1. The molecule has 4 heteroatoms. The largest absolute Gasteiger partial charge is 0.367 e. The fourth-order valence-electron chi connectivity index (χ4n) is 0.986. The lowest BCUT2D eigenvalue weighted by Gasteiger charge is -2.02. The van der Waals surface area contributed by atoms with Gasteiger partial charge in [0.2, 0.25) is 0 Å². The molecule has 1 aliphatic rings. The molecule has 12 heavy (non-hydrogen) atoms. The zero-order chi connectivity index (χ0) is 8.39. The third-order valence-electron chi connectivity index (χ3n) is 1.79. The van der Waals surface area contributed by atoms with Gasteiger partial charge in [0.25, 0.3) is 0 Å². The molecule has 0 saturated heterocycles. The number of hydrogen-bond acceptors (Lipinski definition) is 3. The summed E-state index contributed by atoms with van der Waals surface area (Å²) in [5.74, 6) is 0.736. The van der Waals surface area contributed by atoms with Crippen molar-refractivity contribution in [3.8, 4) is 0 Å². The SMILES string of the molecule is FCc1cc(NC2CC2)ncn1. The number of hydrogen-bond donors (Lipinski definition) is 1. The van der Waals surface area contributed by atoms with Gasteiger partial charge in [0, 0.05) is 12.1 Å². The smallest absolute Gasteiger partial charge is 0.132 e. The zero-order valence-corrected chi connectivity index (χ0v) is 6.63. The van der Waals surface area contributed by atoms with Crippen molar-refractivity contribution in [3.63, 3.8) is 0 Å². The van der Waals surface area contributed by atoms with Gasteiger partial charge in [-0.3, -0.25) is 0 Å². The second kappa shape index (κ2) is 3.05. The lowest BCUT2D eigenvalue weighted by molar-refractivity contribution is 0.475. The quantitative estimate of drug-likeness (QED) is 0.741. The molecule has 1 fully saturated rings. The molecule has 0 amide bonds. The average Bonchev–Trinajstić information content (AvgIpc) is 2.89. The average molecular weight is 167 g/mol. The Hall–Kier alpha value is -1.19. The highest BCUT2D eigenvalue weighted by Gasteiger charge is 2.21. The van der Waals surface area contributed by atoms with E-state index in [9.17, 15) is 4.39 Å². The van der Waals surface area contributed by atoms with Crippen LogP contribution in [0.3, 0.4) is 0 Å². The lowest BCUT2D eigenvalue weighted by atomic mass is 10.4. The van der Waals surface area contributed by atoms with E-state index in [-0.39, 0.29) is 0 Å². The van der Waals surface area contributed by atoms with E-state index < -0.39 is 6.67 Å². The standard InChI is InChI=1S/C8H10FN3/c9-4-7-3-8(11-5-10-7)12-6-1-2-6/h3,5-6H,1-2,4H2,(H,10,11,12). The zero-order valence-electron chi connectivity index (χ0n) is 6.63. The van der Waals surface area contributed by atoms with Gasteiger partial charge in [-0.1, -0.05) is 0 Å². The third kappa shape index (κ3) is 1.69. The van der Waals surface area contributed by atoms with Crippen molar-refractivity contribution in [3.05, 3.63) is 18.1 Å². The van der Waals surface area contributed by atoms with Gasteiger partial charge in [-0.25, -0.2) is 14.4 Å². The van der Waals surface area contributed by atoms with Crippen LogP contribution in [-0.4, -0.2) is 16.0 Å². The maximum Gasteiger partial charge on any atom is 0.132 e. The molecule has 1 aromatic heterocycles. The van der Waals surface area contributed by atoms with Crippen molar-refractivity contribution in [1.29, 1.82) is 0 Å². The van der Waals surface area contributed by atoms with Crippen LogP contribution in [0.5, 0.6) is 0 Å². The van der Waals surface area contributed by atoms with Gasteiger partial charge < -0.3 is 5.32 Å². The number of aromatic nitrogens is 2. The summed E-state index contributed by atoms with van der Waals surface area (Å²) in [5, 5.41) is 3.17. The molecule has 2 rings (SSSR count). The van der Waals surface area contributed by atoms with Crippen LogP contribution in [0.25, 0.3) is 0 Å². The fraction of sp³-hybridized carbons (Fsp3) is 0.500. The van der Waals surface area contributed by atoms with Crippen LogP contribution >= 0.6 is 0 Å². The minimum absolute atomic E-state index is 0.438. The predicted octanol–water partition coefficient (Wildman–Crippen LogP) is 1.52. The summed E-state index contributed by atoms with van der Waals surface area (Å²) in [6, 6.07) is 2.20. The maximum atomic E-state index is 12.1. The summed E-state index contributed by atoms with van der Waals surface area (Å²) in [5.41, 5.74) is 0.438. The van der Waals surface area contributed by atoms with Gasteiger partial charge in [0.1, 0.15) is 18.8 Å². The van der Waals surface area contributed by atoms with E-state index in [0.29, 0.717) is 11.7 Å². The Morgan fingerprint density at radius 2 is 2.33 bits per heavy atom. The first-order chi connectivity index (χ1) is 5.88. The molecule has 0 unspecified atom stereocenters. The van der Waals surface area contributed by atoms with Crippen LogP contribution in [0.4, 0.5) is 10.2 Å². The minimum Gasteiger partial charge on any atom is -0.367 e. The third-order valence-corrected chi connectivity index (χ3v) is 1.79. The van der Waals surface area contributed by atoms with Crippen LogP contribution in [0, 0.1) is 0 Å². The molecule has 1 aromatic rings. The minimum atomic E-state index is -0.526. The van der Waals surface area contributed by atoms with E-state index in [1.165, 1.54) is 19.2 Å². The van der Waals surface area contributed by atoms with E-state index in [2.05, 4.69) is 15.3 Å². The molecule has 0 atom stereocenters. The van der Waals surface area contributed by atoms with Crippen molar-refractivity contribution in [2.45, 2.75) is 25.6 Å². The molecule has 1 aliphatic carbocycles. The Bertz CT molecular complexity index is 273. The molecule has 1 N–H and O–H groups in total. The highest BCUT2D eigenvalue weighted by molar-refractivity contribution is 5.37. The number of halogens is 1. The van der Waals surface area contributed by atoms with E-state index in [1.807, 2.05) is 0 Å². The van der Waals surface area contributed by atoms with Crippen LogP contribution in [0.2, 0.25) is 0 Å². The van der Waals surface area contributed by atoms with Crippen LogP contribution in [0.15, 0.2) is 12.4 Å². The van der Waals surface area contributed by atoms with Gasteiger partial charge >= 0.3 is 0 Å². The molecule has 0 aliphatic heterocycles. The molecule has 1 saturated carbocycles. The summed E-state index contributed by atoms with van der Waals surface area (Å²) in [7, 11) is 0. The van der Waals surface area contributed by atoms with Crippen molar-refractivity contribution in [2.24, 2.45) is 0 Å². The van der Waals surface area contributed by atoms with E-state index in [4.69, 9.17) is 0 Å². The number of nitrogens with zero attached hydrogens (tertiary/aromatic N) is 2. The monoisotopic (exact) mass is 167 g/mol. The lowest BCUT2D eigenvalue weighted by Crippen LogP contribution is -2.03. The Kier molecular flexibility index (Phi) is 1.89. The van der Waals surface area contributed by atoms with Gasteiger partial charge in [-0.2, -0.15) is 0 Å². The molecule has 0 spiro atoms. The molecule has 3 nitrogen and oxygen atoms in total. The topological polar surface area (TPSA) is 37.8 Å². The second-order valence-corrected chi connectivity index (χ2v) is 2.95. The first-order valence-corrected chi connectivity index (χ1v) is 4.02. The summed E-state index contributed by atoms with van der Waals surface area (Å²) in [4.78, 5) is 7.74. The van der Waals surface area contributed by atoms with Crippen LogP contribution in [-0.2, 0) is 6.67 Å². The van der Waals surface area contributed by atoms with Crippen LogP contribution < -0.4 is 5.32 Å². The van der Waals surface area contributed by atoms with E-state index in [1.54, 1.807) is 6.07 Å². The normalized spacial score (nSPS) is 16.1. The molecular formula is C8H10FN3. The van der Waals surface area contributed by atoms with Crippen molar-refractivity contribution < 1.29 is 4.39 Å². The first kappa shape index (κ1) is 7.46. The Balaban J connectivity index is 2.08. The first-order valence-electron chi connectivity index (χ1n) is 4.02. The Morgan fingerprint density at radius 1 is 1.50 bits per heavy atom. The van der Waals surface area contributed by atoms with E-state index in [0.717, 1.165) is 5.82 Å². The molecular weight excluding hydrogens is 157 g/mol. The number of rotatable bonds is 3. The summed E-state index contributed by atoms with van der Waals surface area (Å²) in [6.45, 7) is -0.526. The van der Waals surface area contributed by atoms with Gasteiger partial charge in [0.05, 0.1) is 5.69 Å². The molecule has 0 aromatic carbocycles. The Labute approximate surface area is 70.0 Å². The summed E-state index contributed by atoms with van der Waals surface area (Å²) >= 11 is 0. The fourth-order valence-corrected chi connectivity index (χ4v) is 0.986. The van der Waals surface area contributed by atoms with Crippen molar-refractivity contribution in [1.82, 2.24) is 9.97 Å². The predicted molar refractivity (Wildman–Crippen MR) is 43.5 cm³/mol. The van der Waals surface area contributed by atoms with Gasteiger partial charge in [0.15, 0.2) is 0 Å². The van der Waals surface area contributed by atoms with Gasteiger partial charge in [-0.05, 0) is 12.8 Å². The highest BCUT2D eigenvalue weighted by atomic mass is 19.1. The van der Waals surface area contributed by atoms with Crippen LogP contribution in [0.1, 0.15) is 18.5 Å². The van der Waals surface area contributed by atoms with Crippen molar-refractivity contribution >= 4 is 5.82 Å². The molecule has 64 valence electrons. The Morgan fingerprint density at radius 3 is 3.00 bits per heavy atom.